The molecule has 0 N–H and O–H groups in total. The molecule has 0 bridgehead atoms. The number of hydrogen-bond acceptors (Lipinski definition) is 3. The summed E-state index contributed by atoms with van der Waals surface area (Å²) in [6.45, 7) is -2.83. The van der Waals surface area contributed by atoms with Crippen LogP contribution in [0.3, 0.4) is 0 Å². The van der Waals surface area contributed by atoms with Gasteiger partial charge >= 0.3 is 6.61 Å². The maximum atomic E-state index is 12.2. The van der Waals surface area contributed by atoms with Crippen LogP contribution in [0.4, 0.5) is 20.2 Å². The molecule has 3 aromatic rings. The zero-order valence-corrected chi connectivity index (χ0v) is 13.3. The van der Waals surface area contributed by atoms with Crippen molar-refractivity contribution in [2.75, 3.05) is 5.01 Å². The summed E-state index contributed by atoms with van der Waals surface area (Å²) in [6.07, 6.45) is 1.67. The van der Waals surface area contributed by atoms with Gasteiger partial charge in [-0.05, 0) is 54.1 Å². The highest BCUT2D eigenvalue weighted by Gasteiger charge is 2.07. The van der Waals surface area contributed by atoms with Crippen LogP contribution >= 0.6 is 0 Å². The van der Waals surface area contributed by atoms with E-state index in [4.69, 9.17) is 0 Å². The van der Waals surface area contributed by atoms with Crippen LogP contribution in [0, 0.1) is 0 Å². The topological polar surface area (TPSA) is 24.8 Å². The van der Waals surface area contributed by atoms with Crippen LogP contribution in [-0.2, 0) is 0 Å². The molecule has 126 valence electrons. The quantitative estimate of drug-likeness (QED) is 0.440. The molecule has 5 heteroatoms. The second-order valence-corrected chi connectivity index (χ2v) is 5.18. The van der Waals surface area contributed by atoms with Crippen molar-refractivity contribution in [1.29, 1.82) is 0 Å². The van der Waals surface area contributed by atoms with Crippen LogP contribution < -0.4 is 9.75 Å². The van der Waals surface area contributed by atoms with Gasteiger partial charge in [-0.3, -0.25) is 0 Å². The Hall–Kier alpha value is -3.21. The Morgan fingerprint density at radius 1 is 0.760 bits per heavy atom. The van der Waals surface area contributed by atoms with Gasteiger partial charge in [0.25, 0.3) is 0 Å². The zero-order chi connectivity index (χ0) is 17.5. The number of ether oxygens (including phenoxy) is 1. The smallest absolute Gasteiger partial charge is 0.387 e. The lowest BCUT2D eigenvalue weighted by molar-refractivity contribution is -0.0498. The Balaban J connectivity index is 1.84. The first kappa shape index (κ1) is 16.6. The van der Waals surface area contributed by atoms with Gasteiger partial charge in [-0.1, -0.05) is 36.4 Å². The largest absolute Gasteiger partial charge is 0.435 e. The van der Waals surface area contributed by atoms with E-state index in [9.17, 15) is 8.78 Å². The number of para-hydroxylation sites is 2. The highest BCUT2D eigenvalue weighted by Crippen LogP contribution is 2.25. The number of nitrogens with zero attached hydrogens (tertiary/aromatic N) is 2. The average molecular weight is 338 g/mol. The molecule has 0 aromatic heterocycles. The van der Waals surface area contributed by atoms with Gasteiger partial charge in [0.2, 0.25) is 0 Å². The zero-order valence-electron chi connectivity index (χ0n) is 13.3. The fourth-order valence-corrected chi connectivity index (χ4v) is 2.28. The minimum Gasteiger partial charge on any atom is -0.435 e. The molecule has 0 spiro atoms. The second-order valence-electron chi connectivity index (χ2n) is 5.18. The number of rotatable bonds is 6. The van der Waals surface area contributed by atoms with Gasteiger partial charge in [0.05, 0.1) is 17.6 Å². The molecule has 3 aromatic carbocycles. The predicted octanol–water partition coefficient (Wildman–Crippen LogP) is 5.46. The van der Waals surface area contributed by atoms with Crippen molar-refractivity contribution in [2.45, 2.75) is 6.61 Å². The summed E-state index contributed by atoms with van der Waals surface area (Å²) in [7, 11) is 0. The summed E-state index contributed by atoms with van der Waals surface area (Å²) < 4.78 is 28.7. The lowest BCUT2D eigenvalue weighted by atomic mass is 10.2. The number of benzene rings is 3. The molecule has 0 fully saturated rings. The Kier molecular flexibility index (Phi) is 5.36. The van der Waals surface area contributed by atoms with Crippen molar-refractivity contribution in [3.8, 4) is 5.75 Å². The standard InChI is InChI=1S/C20H16F2N2O/c21-20(22)25-19-13-11-16(12-14-19)15-23-24(17-7-3-1-4-8-17)18-9-5-2-6-10-18/h1-15,20H/b23-15-. The molecule has 3 nitrogen and oxygen atoms in total. The first-order valence-corrected chi connectivity index (χ1v) is 7.71. The molecule has 25 heavy (non-hydrogen) atoms. The van der Waals surface area contributed by atoms with Crippen molar-refractivity contribution in [3.63, 3.8) is 0 Å². The first-order valence-electron chi connectivity index (χ1n) is 7.71. The van der Waals surface area contributed by atoms with Crippen LogP contribution in [-0.4, -0.2) is 12.8 Å². The fourth-order valence-electron chi connectivity index (χ4n) is 2.28. The van der Waals surface area contributed by atoms with E-state index in [1.54, 1.807) is 18.3 Å². The van der Waals surface area contributed by atoms with Gasteiger partial charge in [-0.2, -0.15) is 13.9 Å². The molecule has 0 atom stereocenters. The van der Waals surface area contributed by atoms with Gasteiger partial charge in [0.1, 0.15) is 5.75 Å². The van der Waals surface area contributed by atoms with E-state index in [1.165, 1.54) is 12.1 Å². The van der Waals surface area contributed by atoms with E-state index in [0.717, 1.165) is 16.9 Å². The Bertz CT molecular complexity index is 767. The van der Waals surface area contributed by atoms with Crippen molar-refractivity contribution < 1.29 is 13.5 Å². The lowest BCUT2D eigenvalue weighted by Gasteiger charge is -2.19. The third-order valence-electron chi connectivity index (χ3n) is 3.43. The van der Waals surface area contributed by atoms with Crippen molar-refractivity contribution in [1.82, 2.24) is 0 Å². The second kappa shape index (κ2) is 8.06. The lowest BCUT2D eigenvalue weighted by Crippen LogP contribution is -2.09. The molecule has 0 aliphatic heterocycles. The van der Waals surface area contributed by atoms with Gasteiger partial charge < -0.3 is 4.74 Å². The van der Waals surface area contributed by atoms with E-state index in [-0.39, 0.29) is 5.75 Å². The highest BCUT2D eigenvalue weighted by molar-refractivity contribution is 5.81. The summed E-state index contributed by atoms with van der Waals surface area (Å²) >= 11 is 0. The van der Waals surface area contributed by atoms with Crippen LogP contribution in [0.15, 0.2) is 90.0 Å². The summed E-state index contributed by atoms with van der Waals surface area (Å²) in [4.78, 5) is 0. The van der Waals surface area contributed by atoms with Gasteiger partial charge in [0.15, 0.2) is 0 Å². The van der Waals surface area contributed by atoms with Gasteiger partial charge in [-0.25, -0.2) is 5.01 Å². The summed E-state index contributed by atoms with van der Waals surface area (Å²) in [5.74, 6) is 0.120. The molecular formula is C20H16F2N2O. The van der Waals surface area contributed by atoms with Crippen molar-refractivity contribution in [3.05, 3.63) is 90.5 Å². The maximum Gasteiger partial charge on any atom is 0.387 e. The molecular weight excluding hydrogens is 322 g/mol. The monoisotopic (exact) mass is 338 g/mol. The fraction of sp³-hybridized carbons (Fsp3) is 0.0500. The first-order chi connectivity index (χ1) is 12.2. The number of halogens is 2. The Morgan fingerprint density at radius 2 is 1.28 bits per heavy atom. The van der Waals surface area contributed by atoms with E-state index < -0.39 is 6.61 Å². The van der Waals surface area contributed by atoms with E-state index >= 15 is 0 Å². The molecule has 0 aliphatic carbocycles. The summed E-state index contributed by atoms with van der Waals surface area (Å²) in [5, 5.41) is 6.35. The van der Waals surface area contributed by atoms with E-state index in [0.29, 0.717) is 0 Å². The number of anilines is 2. The van der Waals surface area contributed by atoms with Crippen LogP contribution in [0.1, 0.15) is 5.56 Å². The van der Waals surface area contributed by atoms with E-state index in [2.05, 4.69) is 9.84 Å². The number of hydrogen-bond donors (Lipinski definition) is 0. The summed E-state index contributed by atoms with van der Waals surface area (Å²) in [5.41, 5.74) is 2.61. The minimum absolute atomic E-state index is 0.120. The Morgan fingerprint density at radius 3 is 1.76 bits per heavy atom. The van der Waals surface area contributed by atoms with Crippen molar-refractivity contribution in [2.24, 2.45) is 5.10 Å². The Labute approximate surface area is 144 Å². The van der Waals surface area contributed by atoms with E-state index in [1.807, 2.05) is 65.7 Å². The van der Waals surface area contributed by atoms with Gasteiger partial charge in [-0.15, -0.1) is 0 Å². The van der Waals surface area contributed by atoms with Crippen LogP contribution in [0.5, 0.6) is 5.75 Å². The molecule has 3 rings (SSSR count). The van der Waals surface area contributed by atoms with Crippen LogP contribution in [0.25, 0.3) is 0 Å². The van der Waals surface area contributed by atoms with Crippen LogP contribution in [0.2, 0.25) is 0 Å². The number of hydrazone groups is 1. The third kappa shape index (κ3) is 4.64. The third-order valence-corrected chi connectivity index (χ3v) is 3.43. The average Bonchev–Trinajstić information content (AvgIpc) is 2.65. The van der Waals surface area contributed by atoms with Gasteiger partial charge in [0, 0.05) is 0 Å². The molecule has 0 saturated carbocycles. The summed E-state index contributed by atoms with van der Waals surface area (Å²) in [6, 6.07) is 25.8. The molecule has 0 amide bonds. The normalized spacial score (nSPS) is 11.0. The van der Waals surface area contributed by atoms with Crippen molar-refractivity contribution >= 4 is 17.6 Å². The SMILES string of the molecule is FC(F)Oc1ccc(/C=N\N(c2ccccc2)c2ccccc2)cc1. The number of alkyl halides is 2. The molecule has 0 radical (unpaired) electrons. The minimum atomic E-state index is -2.83. The predicted molar refractivity (Wildman–Crippen MR) is 95.7 cm³/mol. The highest BCUT2D eigenvalue weighted by atomic mass is 19.3. The molecule has 0 aliphatic rings. The molecule has 0 heterocycles. The molecule has 0 unspecified atom stereocenters. The maximum absolute atomic E-state index is 12.2. The molecule has 0 saturated heterocycles.